The number of β-amino-alcohol motifs (C(OH)–C–C–N with tert-alkyl or cyclic N) is 1. The minimum atomic E-state index is 0.0628. The Bertz CT molecular complexity index is 311. The van der Waals surface area contributed by atoms with E-state index in [1.54, 1.807) is 0 Å². The number of nitrogens with zero attached hydrogens (tertiary/aromatic N) is 2. The molecule has 0 bridgehead atoms. The van der Waals surface area contributed by atoms with Crippen molar-refractivity contribution in [3.8, 4) is 0 Å². The average Bonchev–Trinajstić information content (AvgIpc) is 2.65. The van der Waals surface area contributed by atoms with Crippen LogP contribution in [0.3, 0.4) is 0 Å². The molecule has 2 rings (SSSR count). The van der Waals surface area contributed by atoms with E-state index in [2.05, 4.69) is 15.1 Å². The van der Waals surface area contributed by atoms with E-state index in [0.717, 1.165) is 24.3 Å². The van der Waals surface area contributed by atoms with Gasteiger partial charge < -0.3 is 9.84 Å². The van der Waals surface area contributed by atoms with Crippen molar-refractivity contribution in [2.45, 2.75) is 13.0 Å². The molecular weight excluding hydrogens is 194 g/mol. The van der Waals surface area contributed by atoms with Crippen molar-refractivity contribution < 1.29 is 9.84 Å². The Morgan fingerprint density at radius 1 is 1.73 bits per heavy atom. The van der Waals surface area contributed by atoms with Crippen LogP contribution in [0.4, 0.5) is 0 Å². The lowest BCUT2D eigenvalue weighted by atomic mass is 10.1. The maximum Gasteiger partial charge on any atom is 0.112 e. The number of aromatic amines is 1. The molecule has 15 heavy (non-hydrogen) atoms. The number of H-pyrrole nitrogens is 1. The summed E-state index contributed by atoms with van der Waals surface area (Å²) in [4.78, 5) is 2.20. The minimum absolute atomic E-state index is 0.0628. The maximum absolute atomic E-state index is 8.89. The summed E-state index contributed by atoms with van der Waals surface area (Å²) in [6.07, 6.45) is 1.87. The number of hydrogen-bond donors (Lipinski definition) is 2. The molecule has 0 radical (unpaired) electrons. The number of hydrogen-bond acceptors (Lipinski definition) is 4. The Hall–Kier alpha value is -0.910. The second-order valence-corrected chi connectivity index (χ2v) is 3.85. The molecule has 5 nitrogen and oxygen atoms in total. The summed E-state index contributed by atoms with van der Waals surface area (Å²) in [6.45, 7) is 5.37. The van der Waals surface area contributed by atoms with Gasteiger partial charge in [0.25, 0.3) is 0 Å². The normalized spacial score (nSPS) is 23.2. The van der Waals surface area contributed by atoms with E-state index in [4.69, 9.17) is 9.84 Å². The number of aliphatic hydroxyl groups is 1. The molecule has 1 aromatic heterocycles. The molecule has 0 unspecified atom stereocenters. The second kappa shape index (κ2) is 4.74. The van der Waals surface area contributed by atoms with Gasteiger partial charge in [0.1, 0.15) is 6.10 Å². The van der Waals surface area contributed by atoms with E-state index in [1.807, 2.05) is 13.1 Å². The smallest absolute Gasteiger partial charge is 0.112 e. The Morgan fingerprint density at radius 2 is 2.60 bits per heavy atom. The Balaban J connectivity index is 2.01. The standard InChI is InChI=1S/C10H17N3O2/c1-8-6-11-12-10(8)9-7-13(2-4-14)3-5-15-9/h6,9,14H,2-5,7H2,1H3,(H,11,12)/t9-/m0/s1. The lowest BCUT2D eigenvalue weighted by Crippen LogP contribution is -2.40. The first-order valence-electron chi connectivity index (χ1n) is 5.26. The first-order valence-corrected chi connectivity index (χ1v) is 5.26. The van der Waals surface area contributed by atoms with Crippen LogP contribution in [-0.4, -0.2) is 53.1 Å². The molecule has 5 heteroatoms. The van der Waals surface area contributed by atoms with E-state index in [-0.39, 0.29) is 12.7 Å². The van der Waals surface area contributed by atoms with Crippen LogP contribution >= 0.6 is 0 Å². The number of aliphatic hydroxyl groups excluding tert-OH is 1. The summed E-state index contributed by atoms with van der Waals surface area (Å²) in [5.74, 6) is 0. The molecule has 1 aliphatic rings. The zero-order valence-electron chi connectivity index (χ0n) is 8.94. The van der Waals surface area contributed by atoms with Crippen LogP contribution in [0.25, 0.3) is 0 Å². The van der Waals surface area contributed by atoms with Gasteiger partial charge in [0, 0.05) is 19.6 Å². The van der Waals surface area contributed by atoms with Gasteiger partial charge in [-0.05, 0) is 12.5 Å². The monoisotopic (exact) mass is 211 g/mol. The fourth-order valence-corrected chi connectivity index (χ4v) is 1.90. The largest absolute Gasteiger partial charge is 0.395 e. The van der Waals surface area contributed by atoms with Crippen molar-refractivity contribution in [3.05, 3.63) is 17.5 Å². The molecule has 0 saturated carbocycles. The lowest BCUT2D eigenvalue weighted by molar-refractivity contribution is -0.0360. The zero-order valence-corrected chi connectivity index (χ0v) is 8.94. The summed E-state index contributed by atoms with van der Waals surface area (Å²) in [7, 11) is 0. The second-order valence-electron chi connectivity index (χ2n) is 3.85. The first kappa shape index (κ1) is 10.6. The van der Waals surface area contributed by atoms with Gasteiger partial charge in [-0.25, -0.2) is 0 Å². The average molecular weight is 211 g/mol. The highest BCUT2D eigenvalue weighted by Gasteiger charge is 2.23. The molecule has 1 aliphatic heterocycles. The fourth-order valence-electron chi connectivity index (χ4n) is 1.90. The zero-order chi connectivity index (χ0) is 10.7. The van der Waals surface area contributed by atoms with Crippen LogP contribution in [-0.2, 0) is 4.74 Å². The van der Waals surface area contributed by atoms with Crippen LogP contribution in [0.1, 0.15) is 17.4 Å². The van der Waals surface area contributed by atoms with Crippen molar-refractivity contribution in [2.75, 3.05) is 32.8 Å². The van der Waals surface area contributed by atoms with E-state index in [0.29, 0.717) is 13.2 Å². The number of aromatic nitrogens is 2. The maximum atomic E-state index is 8.89. The topological polar surface area (TPSA) is 61.4 Å². The first-order chi connectivity index (χ1) is 7.31. The minimum Gasteiger partial charge on any atom is -0.395 e. The molecule has 84 valence electrons. The van der Waals surface area contributed by atoms with Gasteiger partial charge in [-0.1, -0.05) is 0 Å². The number of nitrogens with one attached hydrogen (secondary N) is 1. The molecule has 0 aromatic carbocycles. The van der Waals surface area contributed by atoms with Crippen LogP contribution in [0.5, 0.6) is 0 Å². The van der Waals surface area contributed by atoms with E-state index in [9.17, 15) is 0 Å². The molecule has 1 fully saturated rings. The van der Waals surface area contributed by atoms with Crippen LogP contribution < -0.4 is 0 Å². The number of morpholine rings is 1. The van der Waals surface area contributed by atoms with Gasteiger partial charge >= 0.3 is 0 Å². The van der Waals surface area contributed by atoms with Crippen LogP contribution in [0.2, 0.25) is 0 Å². The van der Waals surface area contributed by atoms with Gasteiger partial charge in [0.05, 0.1) is 25.1 Å². The van der Waals surface area contributed by atoms with Gasteiger partial charge in [0.15, 0.2) is 0 Å². The fraction of sp³-hybridized carbons (Fsp3) is 0.700. The molecule has 1 atom stereocenters. The van der Waals surface area contributed by atoms with Crippen molar-refractivity contribution in [3.63, 3.8) is 0 Å². The van der Waals surface area contributed by atoms with E-state index in [1.165, 1.54) is 0 Å². The Morgan fingerprint density at radius 3 is 3.27 bits per heavy atom. The van der Waals surface area contributed by atoms with Gasteiger partial charge in [0.2, 0.25) is 0 Å². The summed E-state index contributed by atoms with van der Waals surface area (Å²) in [5.41, 5.74) is 2.18. The lowest BCUT2D eigenvalue weighted by Gasteiger charge is -2.32. The van der Waals surface area contributed by atoms with Crippen LogP contribution in [0, 0.1) is 6.92 Å². The summed E-state index contributed by atoms with van der Waals surface area (Å²) in [6, 6.07) is 0. The predicted molar refractivity (Wildman–Crippen MR) is 55.5 cm³/mol. The van der Waals surface area contributed by atoms with Gasteiger partial charge in [-0.3, -0.25) is 10.00 Å². The molecule has 2 N–H and O–H groups in total. The van der Waals surface area contributed by atoms with Crippen molar-refractivity contribution in [1.82, 2.24) is 15.1 Å². The quantitative estimate of drug-likeness (QED) is 0.743. The van der Waals surface area contributed by atoms with Gasteiger partial charge in [-0.2, -0.15) is 5.10 Å². The molecule has 0 amide bonds. The molecule has 1 saturated heterocycles. The number of aryl methyl sites for hydroxylation is 1. The molecule has 0 aliphatic carbocycles. The SMILES string of the molecule is Cc1cn[nH]c1[C@@H]1CN(CCO)CCO1. The third-order valence-corrected chi connectivity index (χ3v) is 2.76. The highest BCUT2D eigenvalue weighted by Crippen LogP contribution is 2.22. The molecule has 2 heterocycles. The molecular formula is C10H17N3O2. The summed E-state index contributed by atoms with van der Waals surface area (Å²) in [5, 5.41) is 15.9. The number of rotatable bonds is 3. The Labute approximate surface area is 89.0 Å². The molecule has 0 spiro atoms. The van der Waals surface area contributed by atoms with Gasteiger partial charge in [-0.15, -0.1) is 0 Å². The predicted octanol–water partition coefficient (Wildman–Crippen LogP) is 0.0837. The number of ether oxygens (including phenoxy) is 1. The van der Waals surface area contributed by atoms with E-state index >= 15 is 0 Å². The molecule has 1 aromatic rings. The van der Waals surface area contributed by atoms with Crippen molar-refractivity contribution in [2.24, 2.45) is 0 Å². The summed E-state index contributed by atoms with van der Waals surface area (Å²) >= 11 is 0. The highest BCUT2D eigenvalue weighted by atomic mass is 16.5. The van der Waals surface area contributed by atoms with Crippen LogP contribution in [0.15, 0.2) is 6.20 Å². The highest BCUT2D eigenvalue weighted by molar-refractivity contribution is 5.17. The van der Waals surface area contributed by atoms with Crippen molar-refractivity contribution in [1.29, 1.82) is 0 Å². The summed E-state index contributed by atoms with van der Waals surface area (Å²) < 4.78 is 5.69. The van der Waals surface area contributed by atoms with Crippen molar-refractivity contribution >= 4 is 0 Å². The third-order valence-electron chi connectivity index (χ3n) is 2.76. The Kier molecular flexibility index (Phi) is 3.35. The van der Waals surface area contributed by atoms with E-state index < -0.39 is 0 Å². The third kappa shape index (κ3) is 2.37.